The molecule has 2 aromatic rings. The van der Waals surface area contributed by atoms with Crippen molar-refractivity contribution in [1.82, 2.24) is 36.4 Å². The van der Waals surface area contributed by atoms with Crippen molar-refractivity contribution in [2.45, 2.75) is 160 Å². The quantitative estimate of drug-likeness (QED) is 0.0468. The van der Waals surface area contributed by atoms with Crippen LogP contribution in [0.5, 0.6) is 5.75 Å². The van der Waals surface area contributed by atoms with Crippen molar-refractivity contribution < 1.29 is 57.4 Å². The molecule has 1 saturated carbocycles. The van der Waals surface area contributed by atoms with Gasteiger partial charge >= 0.3 is 6.09 Å². The summed E-state index contributed by atoms with van der Waals surface area (Å²) in [4.78, 5) is 122. The number of hydrogen-bond acceptors (Lipinski definition) is 14. The summed E-state index contributed by atoms with van der Waals surface area (Å²) in [6, 6.07) is 8.17. The van der Waals surface area contributed by atoms with E-state index in [2.05, 4.69) is 31.5 Å². The molecular formula is C55H78N8O12. The molecule has 75 heavy (non-hydrogen) atoms. The number of unbranched alkanes of at least 4 members (excludes halogenated alkanes) is 3. The second-order valence-corrected chi connectivity index (χ2v) is 21.5. The number of nitrogens with zero attached hydrogens (tertiary/aromatic N) is 3. The van der Waals surface area contributed by atoms with Crippen LogP contribution in [-0.2, 0) is 44.8 Å². The van der Waals surface area contributed by atoms with Crippen LogP contribution >= 0.6 is 0 Å². The summed E-state index contributed by atoms with van der Waals surface area (Å²) in [5.41, 5.74) is 1.12. The highest BCUT2D eigenvalue weighted by molar-refractivity contribution is 6.25. The molecular weight excluding hydrogens is 965 g/mol. The Morgan fingerprint density at radius 2 is 1.57 bits per heavy atom. The van der Waals surface area contributed by atoms with Crippen LogP contribution in [0, 0.1) is 11.8 Å². The number of fused-ring (bicyclic) bond motifs is 1. The van der Waals surface area contributed by atoms with Crippen LogP contribution < -0.4 is 36.2 Å². The fraction of sp³-hybridized carbons (Fsp3) is 0.618. The zero-order valence-electron chi connectivity index (χ0n) is 44.5. The fourth-order valence-electron chi connectivity index (χ4n) is 10.3. The van der Waals surface area contributed by atoms with Gasteiger partial charge in [0, 0.05) is 39.0 Å². The summed E-state index contributed by atoms with van der Waals surface area (Å²) in [5, 5.41) is 13.3. The van der Waals surface area contributed by atoms with E-state index in [9.17, 15) is 43.2 Å². The normalized spacial score (nSPS) is 19.6. The molecule has 1 aliphatic carbocycles. The average Bonchev–Trinajstić information content (AvgIpc) is 3.90. The third-order valence-electron chi connectivity index (χ3n) is 14.3. The highest BCUT2D eigenvalue weighted by Gasteiger charge is 2.46. The monoisotopic (exact) mass is 1040 g/mol. The van der Waals surface area contributed by atoms with E-state index in [0.29, 0.717) is 62.4 Å². The predicted octanol–water partition coefficient (Wildman–Crippen LogP) is 4.56. The van der Waals surface area contributed by atoms with E-state index in [-0.39, 0.29) is 48.8 Å². The Balaban J connectivity index is 0.924. The molecule has 0 bridgehead atoms. The Morgan fingerprint density at radius 1 is 0.827 bits per heavy atom. The second-order valence-electron chi connectivity index (χ2n) is 21.5. The second kappa shape index (κ2) is 27.4. The minimum absolute atomic E-state index is 0.0586. The van der Waals surface area contributed by atoms with Crippen LogP contribution in [0.15, 0.2) is 42.5 Å². The number of nitrogens with one attached hydrogen (secondary N) is 5. The standard InChI is InChI=1S/C55H78N8O12/c1-35(75-55(2,3)4)47(51(69)58-42(31-36-16-10-9-11-17-36)49(67)57-39(33-64)32-38-24-25-56-48(38)66)60-54(72)74-34-37-18-14-19-40(30-37)73-29-13-8-7-12-26-61(5)27-28-62(6)43-21-15-20-41-46(43)53(71)63(52(41)70)44-22-23-45(65)59-50(44)68/h14-15,18-21,30,33,35-36,38-39,42,44,47H,7-13,16-17,22-29,31-32,34H2,1-6H3,(H,56,66)(H,57,67)(H,58,69)(H,60,72)(H,59,65,68)/t35-,38+,39+,42+,44?,47+/m1/s1. The first-order valence-electron chi connectivity index (χ1n) is 26.7. The van der Waals surface area contributed by atoms with Gasteiger partial charge in [-0.25, -0.2) is 4.79 Å². The molecule has 1 unspecified atom stereocenters. The maximum atomic E-state index is 14.2. The maximum Gasteiger partial charge on any atom is 0.408 e. The topological polar surface area (TPSA) is 251 Å². The predicted molar refractivity (Wildman–Crippen MR) is 279 cm³/mol. The van der Waals surface area contributed by atoms with Crippen LogP contribution in [0.4, 0.5) is 10.5 Å². The number of likely N-dealkylation sites (N-methyl/N-ethyl adjacent to an activating group) is 2. The van der Waals surface area contributed by atoms with Crippen molar-refractivity contribution in [1.29, 1.82) is 0 Å². The smallest absolute Gasteiger partial charge is 0.408 e. The Bertz CT molecular complexity index is 2370. The van der Waals surface area contributed by atoms with E-state index >= 15 is 0 Å². The lowest BCUT2D eigenvalue weighted by atomic mass is 9.84. The van der Waals surface area contributed by atoms with Crippen LogP contribution in [0.2, 0.25) is 0 Å². The van der Waals surface area contributed by atoms with Crippen LogP contribution in [0.1, 0.15) is 144 Å². The minimum Gasteiger partial charge on any atom is -0.494 e. The summed E-state index contributed by atoms with van der Waals surface area (Å²) >= 11 is 0. The molecule has 0 radical (unpaired) electrons. The van der Waals surface area contributed by atoms with Gasteiger partial charge in [-0.15, -0.1) is 0 Å². The Morgan fingerprint density at radius 3 is 2.28 bits per heavy atom. The number of benzene rings is 2. The Kier molecular flexibility index (Phi) is 21.1. The van der Waals surface area contributed by atoms with Gasteiger partial charge in [0.15, 0.2) is 0 Å². The van der Waals surface area contributed by atoms with E-state index < -0.39 is 83.3 Å². The first-order chi connectivity index (χ1) is 35.8. The molecule has 2 aromatic carbocycles. The van der Waals surface area contributed by atoms with Crippen LogP contribution in [0.25, 0.3) is 0 Å². The van der Waals surface area contributed by atoms with Crippen molar-refractivity contribution >= 4 is 59.4 Å². The zero-order valence-corrected chi connectivity index (χ0v) is 44.5. The van der Waals surface area contributed by atoms with Gasteiger partial charge in [-0.05, 0) is 116 Å². The van der Waals surface area contributed by atoms with E-state index in [1.165, 1.54) is 0 Å². The molecule has 20 nitrogen and oxygen atoms in total. The number of carbonyl (C=O) groups excluding carboxylic acids is 9. The summed E-state index contributed by atoms with van der Waals surface area (Å²) in [5.74, 6) is -3.04. The maximum absolute atomic E-state index is 14.2. The largest absolute Gasteiger partial charge is 0.494 e. The van der Waals surface area contributed by atoms with Gasteiger partial charge < -0.3 is 50.1 Å². The van der Waals surface area contributed by atoms with Crippen LogP contribution in [0.3, 0.4) is 0 Å². The molecule has 0 spiro atoms. The van der Waals surface area contributed by atoms with E-state index in [1.807, 2.05) is 51.9 Å². The van der Waals surface area contributed by atoms with Gasteiger partial charge in [0.1, 0.15) is 36.8 Å². The van der Waals surface area contributed by atoms with Gasteiger partial charge in [0.05, 0.1) is 41.2 Å². The summed E-state index contributed by atoms with van der Waals surface area (Å²) in [6.45, 7) is 10.2. The number of piperidine rings is 1. The number of anilines is 1. The van der Waals surface area contributed by atoms with Crippen molar-refractivity contribution in [3.05, 3.63) is 59.2 Å². The van der Waals surface area contributed by atoms with Crippen molar-refractivity contribution in [3.8, 4) is 5.75 Å². The van der Waals surface area contributed by atoms with E-state index in [1.54, 1.807) is 37.3 Å². The SMILES string of the molecule is C[C@@H](OC(C)(C)C)[C@H](NC(=O)OCc1cccc(OCCCCCCN(C)CCN(C)c2cccc3c2C(=O)N(C2CCC(=O)NC2=O)C3=O)c1)C(=O)N[C@@H](CC1CCCCC1)C(=O)N[C@H](C=O)C[C@@H]1CCNC1=O. The number of alkyl carbamates (subject to hydrolysis) is 1. The van der Waals surface area contributed by atoms with Gasteiger partial charge in [-0.2, -0.15) is 0 Å². The zero-order chi connectivity index (χ0) is 54.2. The van der Waals surface area contributed by atoms with Crippen molar-refractivity contribution in [3.63, 3.8) is 0 Å². The van der Waals surface area contributed by atoms with E-state index in [0.717, 1.165) is 69.2 Å². The molecule has 3 heterocycles. The van der Waals surface area contributed by atoms with E-state index in [4.69, 9.17) is 14.2 Å². The molecule has 410 valence electrons. The highest BCUT2D eigenvalue weighted by Crippen LogP contribution is 2.34. The molecule has 20 heteroatoms. The molecule has 8 amide bonds. The number of amides is 8. The lowest BCUT2D eigenvalue weighted by Crippen LogP contribution is -2.59. The third-order valence-corrected chi connectivity index (χ3v) is 14.3. The first-order valence-corrected chi connectivity index (χ1v) is 26.7. The fourth-order valence-corrected chi connectivity index (χ4v) is 10.3. The van der Waals surface area contributed by atoms with Gasteiger partial charge in [0.2, 0.25) is 29.5 Å². The van der Waals surface area contributed by atoms with Gasteiger partial charge in [0.25, 0.3) is 11.8 Å². The lowest BCUT2D eigenvalue weighted by Gasteiger charge is -2.32. The number of aldehydes is 1. The number of imide groups is 2. The Hall–Kier alpha value is -6.41. The number of rotatable bonds is 27. The third kappa shape index (κ3) is 16.8. The van der Waals surface area contributed by atoms with Gasteiger partial charge in [-0.1, -0.05) is 63.1 Å². The minimum atomic E-state index is -1.25. The number of ether oxygens (including phenoxy) is 3. The molecule has 4 aliphatic rings. The van der Waals surface area contributed by atoms with Crippen molar-refractivity contribution in [2.75, 3.05) is 51.8 Å². The molecule has 2 saturated heterocycles. The number of carbonyl (C=O) groups is 9. The first kappa shape index (κ1) is 57.9. The summed E-state index contributed by atoms with van der Waals surface area (Å²) in [6.07, 6.45) is 8.83. The van der Waals surface area contributed by atoms with Gasteiger partial charge in [-0.3, -0.25) is 43.8 Å². The molecule has 6 atom stereocenters. The molecule has 0 aromatic heterocycles. The number of hydrogen-bond donors (Lipinski definition) is 5. The highest BCUT2D eigenvalue weighted by atomic mass is 16.6. The Labute approximate surface area is 440 Å². The van der Waals surface area contributed by atoms with Crippen LogP contribution in [-0.4, -0.2) is 146 Å². The average molecular weight is 1040 g/mol. The van der Waals surface area contributed by atoms with Crippen molar-refractivity contribution in [2.24, 2.45) is 11.8 Å². The molecule has 3 fully saturated rings. The molecule has 5 N–H and O–H groups in total. The summed E-state index contributed by atoms with van der Waals surface area (Å²) in [7, 11) is 3.91. The summed E-state index contributed by atoms with van der Waals surface area (Å²) < 4.78 is 17.8. The molecule has 6 rings (SSSR count). The molecule has 3 aliphatic heterocycles. The lowest BCUT2D eigenvalue weighted by molar-refractivity contribution is -0.136.